The lowest BCUT2D eigenvalue weighted by molar-refractivity contribution is 0.100. The van der Waals surface area contributed by atoms with Crippen molar-refractivity contribution in [2.75, 3.05) is 5.32 Å². The first kappa shape index (κ1) is 18.1. The summed E-state index contributed by atoms with van der Waals surface area (Å²) in [6.45, 7) is 0. The number of nitrogens with zero attached hydrogens (tertiary/aromatic N) is 4. The van der Waals surface area contributed by atoms with Crippen LogP contribution in [0.2, 0.25) is 0 Å². The van der Waals surface area contributed by atoms with E-state index in [2.05, 4.69) is 26.3 Å². The lowest BCUT2D eigenvalue weighted by Crippen LogP contribution is -2.13. The van der Waals surface area contributed by atoms with Crippen molar-refractivity contribution < 1.29 is 4.79 Å². The molecule has 0 aliphatic rings. The van der Waals surface area contributed by atoms with Gasteiger partial charge in [-0.25, -0.2) is 9.97 Å². The summed E-state index contributed by atoms with van der Waals surface area (Å²) in [6, 6.07) is 18.4. The minimum atomic E-state index is -0.538. The number of anilines is 2. The highest BCUT2D eigenvalue weighted by atomic mass is 16.1. The van der Waals surface area contributed by atoms with Gasteiger partial charge in [0.2, 0.25) is 0 Å². The van der Waals surface area contributed by atoms with Crippen molar-refractivity contribution in [2.24, 2.45) is 5.73 Å². The summed E-state index contributed by atoms with van der Waals surface area (Å²) in [6.07, 6.45) is 3.57. The molecule has 0 bridgehead atoms. The molecule has 0 fully saturated rings. The molecule has 0 saturated heterocycles. The molecule has 0 aliphatic carbocycles. The van der Waals surface area contributed by atoms with Crippen LogP contribution in [0.1, 0.15) is 15.9 Å². The molecule has 1 amide bonds. The Morgan fingerprint density at radius 2 is 1.93 bits per heavy atom. The molecule has 4 rings (SSSR count). The molecule has 0 radical (unpaired) electrons. The molecule has 0 atom stereocenters. The summed E-state index contributed by atoms with van der Waals surface area (Å²) < 4.78 is 0. The minimum absolute atomic E-state index is 0.220. The van der Waals surface area contributed by atoms with Gasteiger partial charge in [0.15, 0.2) is 5.82 Å². The van der Waals surface area contributed by atoms with E-state index in [1.165, 1.54) is 0 Å². The molecule has 0 aliphatic heterocycles. The molecule has 0 unspecified atom stereocenters. The fourth-order valence-electron chi connectivity index (χ4n) is 3.09. The first-order chi connectivity index (χ1) is 14.2. The van der Waals surface area contributed by atoms with E-state index in [-0.39, 0.29) is 6.42 Å². The Hall–Kier alpha value is -4.31. The third-order valence-electron chi connectivity index (χ3n) is 4.44. The van der Waals surface area contributed by atoms with E-state index in [1.54, 1.807) is 42.7 Å². The van der Waals surface area contributed by atoms with Crippen molar-refractivity contribution in [2.45, 2.75) is 6.42 Å². The van der Waals surface area contributed by atoms with Crippen molar-refractivity contribution in [3.8, 4) is 17.5 Å². The molecule has 2 aromatic heterocycles. The van der Waals surface area contributed by atoms with Gasteiger partial charge < -0.3 is 11.1 Å². The Balaban J connectivity index is 1.94. The number of hydrogen-bond donors (Lipinski definition) is 2. The molecule has 4 aromatic rings. The first-order valence-corrected chi connectivity index (χ1v) is 8.90. The van der Waals surface area contributed by atoms with Gasteiger partial charge in [-0.2, -0.15) is 5.26 Å². The second-order valence-electron chi connectivity index (χ2n) is 6.32. The van der Waals surface area contributed by atoms with Gasteiger partial charge in [-0.05, 0) is 35.9 Å². The number of pyridine rings is 1. The van der Waals surface area contributed by atoms with Crippen molar-refractivity contribution in [1.82, 2.24) is 15.0 Å². The highest BCUT2D eigenvalue weighted by Crippen LogP contribution is 2.30. The van der Waals surface area contributed by atoms with E-state index in [1.807, 2.05) is 24.3 Å². The minimum Gasteiger partial charge on any atom is -0.366 e. The van der Waals surface area contributed by atoms with Crippen LogP contribution in [0, 0.1) is 11.3 Å². The second-order valence-corrected chi connectivity index (χ2v) is 6.32. The average Bonchev–Trinajstić information content (AvgIpc) is 2.75. The van der Waals surface area contributed by atoms with Crippen LogP contribution in [0.15, 0.2) is 67.0 Å². The number of hydrogen-bond acceptors (Lipinski definition) is 6. The number of aromatic nitrogens is 3. The van der Waals surface area contributed by atoms with Gasteiger partial charge in [-0.1, -0.05) is 24.3 Å². The Morgan fingerprint density at radius 1 is 1.07 bits per heavy atom. The molecule has 29 heavy (non-hydrogen) atoms. The van der Waals surface area contributed by atoms with E-state index in [0.29, 0.717) is 28.4 Å². The number of nitrogens with one attached hydrogen (secondary N) is 1. The highest BCUT2D eigenvalue weighted by molar-refractivity contribution is 6.01. The van der Waals surface area contributed by atoms with Crippen molar-refractivity contribution >= 4 is 28.3 Å². The van der Waals surface area contributed by atoms with Crippen LogP contribution in [0.25, 0.3) is 22.3 Å². The number of carbonyl (C=O) groups is 1. The molecular formula is C22H16N6O. The van der Waals surface area contributed by atoms with E-state index >= 15 is 0 Å². The molecule has 7 nitrogen and oxygen atoms in total. The lowest BCUT2D eigenvalue weighted by Gasteiger charge is -2.14. The quantitative estimate of drug-likeness (QED) is 0.546. The number of nitriles is 1. The topological polar surface area (TPSA) is 118 Å². The molecule has 140 valence electrons. The fourth-order valence-corrected chi connectivity index (χ4v) is 3.09. The smallest absolute Gasteiger partial charge is 0.250 e. The molecule has 7 heteroatoms. The van der Waals surface area contributed by atoms with Crippen molar-refractivity contribution in [1.29, 1.82) is 5.26 Å². The zero-order valence-electron chi connectivity index (χ0n) is 15.3. The number of fused-ring (bicyclic) bond motifs is 1. The molecule has 2 heterocycles. The molecule has 2 aromatic carbocycles. The standard InChI is InChI=1S/C22H16N6O/c23-11-10-14-5-3-8-17-19(14)27-21(15-6-4-12-25-13-15)28-22(17)26-18-9-2-1-7-16(18)20(24)29/h1-9,12-13H,10H2,(H2,24,29)(H,26,27,28). The number of amides is 1. The Kier molecular flexibility index (Phi) is 4.82. The summed E-state index contributed by atoms with van der Waals surface area (Å²) in [5, 5.41) is 13.2. The number of carbonyl (C=O) groups excluding carboxylic acids is 1. The average molecular weight is 380 g/mol. The van der Waals surface area contributed by atoms with Crippen LogP contribution in [0.5, 0.6) is 0 Å². The van der Waals surface area contributed by atoms with E-state index in [0.717, 1.165) is 16.5 Å². The summed E-state index contributed by atoms with van der Waals surface area (Å²) in [5.41, 5.74) is 8.62. The second kappa shape index (κ2) is 7.74. The van der Waals surface area contributed by atoms with Gasteiger partial charge in [0, 0.05) is 23.3 Å². The largest absolute Gasteiger partial charge is 0.366 e. The Labute approximate surface area is 166 Å². The number of primary amides is 1. The van der Waals surface area contributed by atoms with Crippen LogP contribution < -0.4 is 11.1 Å². The third kappa shape index (κ3) is 3.59. The van der Waals surface area contributed by atoms with Gasteiger partial charge in [-0.3, -0.25) is 9.78 Å². The molecular weight excluding hydrogens is 364 g/mol. The van der Waals surface area contributed by atoms with Crippen LogP contribution >= 0.6 is 0 Å². The predicted octanol–water partition coefficient (Wildman–Crippen LogP) is 3.60. The zero-order valence-corrected chi connectivity index (χ0v) is 15.3. The Bertz CT molecular complexity index is 1250. The first-order valence-electron chi connectivity index (χ1n) is 8.90. The number of benzene rings is 2. The van der Waals surface area contributed by atoms with Crippen molar-refractivity contribution in [3.05, 3.63) is 78.1 Å². The zero-order chi connectivity index (χ0) is 20.2. The normalized spacial score (nSPS) is 10.4. The van der Waals surface area contributed by atoms with E-state index < -0.39 is 5.91 Å². The maximum Gasteiger partial charge on any atom is 0.250 e. The monoisotopic (exact) mass is 380 g/mol. The van der Waals surface area contributed by atoms with E-state index in [4.69, 9.17) is 5.73 Å². The van der Waals surface area contributed by atoms with Crippen LogP contribution in [-0.2, 0) is 6.42 Å². The molecule has 0 spiro atoms. The maximum atomic E-state index is 11.8. The van der Waals surface area contributed by atoms with Crippen LogP contribution in [0.4, 0.5) is 11.5 Å². The predicted molar refractivity (Wildman–Crippen MR) is 110 cm³/mol. The van der Waals surface area contributed by atoms with E-state index in [9.17, 15) is 10.1 Å². The highest BCUT2D eigenvalue weighted by Gasteiger charge is 2.15. The van der Waals surface area contributed by atoms with Crippen molar-refractivity contribution in [3.63, 3.8) is 0 Å². The fraction of sp³-hybridized carbons (Fsp3) is 0.0455. The lowest BCUT2D eigenvalue weighted by atomic mass is 10.1. The number of rotatable bonds is 5. The van der Waals surface area contributed by atoms with Gasteiger partial charge in [0.1, 0.15) is 5.82 Å². The maximum absolute atomic E-state index is 11.8. The Morgan fingerprint density at radius 3 is 2.69 bits per heavy atom. The van der Waals surface area contributed by atoms with Gasteiger partial charge in [-0.15, -0.1) is 0 Å². The number of para-hydroxylation sites is 2. The summed E-state index contributed by atoms with van der Waals surface area (Å²) >= 11 is 0. The van der Waals surface area contributed by atoms with Gasteiger partial charge in [0.05, 0.1) is 29.3 Å². The molecule has 0 saturated carbocycles. The SMILES string of the molecule is N#CCc1cccc2c(Nc3ccccc3C(N)=O)nc(-c3cccnc3)nc12. The summed E-state index contributed by atoms with van der Waals surface area (Å²) in [7, 11) is 0. The van der Waals surface area contributed by atoms with Gasteiger partial charge >= 0.3 is 0 Å². The van der Waals surface area contributed by atoms with Crippen LogP contribution in [0.3, 0.4) is 0 Å². The summed E-state index contributed by atoms with van der Waals surface area (Å²) in [5.74, 6) is 0.446. The third-order valence-corrected chi connectivity index (χ3v) is 4.44. The van der Waals surface area contributed by atoms with Gasteiger partial charge in [0.25, 0.3) is 5.91 Å². The van der Waals surface area contributed by atoms with Crippen LogP contribution in [-0.4, -0.2) is 20.9 Å². The molecule has 3 N–H and O–H groups in total. The summed E-state index contributed by atoms with van der Waals surface area (Å²) in [4.78, 5) is 25.3. The number of nitrogens with two attached hydrogens (primary N) is 1.